The summed E-state index contributed by atoms with van der Waals surface area (Å²) in [5, 5.41) is 9.72. The van der Waals surface area contributed by atoms with Crippen LogP contribution in [0.15, 0.2) is 0 Å². The highest BCUT2D eigenvalue weighted by molar-refractivity contribution is 5.03. The van der Waals surface area contributed by atoms with Gasteiger partial charge in [0.15, 0.2) is 0 Å². The van der Waals surface area contributed by atoms with Crippen molar-refractivity contribution in [3.05, 3.63) is 5.92 Å². The van der Waals surface area contributed by atoms with Crippen molar-refractivity contribution in [3.8, 4) is 0 Å². The van der Waals surface area contributed by atoms with Gasteiger partial charge in [0.05, 0.1) is 6.10 Å². The summed E-state index contributed by atoms with van der Waals surface area (Å²) in [4.78, 5) is 0. The van der Waals surface area contributed by atoms with Crippen molar-refractivity contribution in [2.75, 3.05) is 0 Å². The highest BCUT2D eigenvalue weighted by Gasteiger charge is 2.33. The number of aliphatic hydroxyl groups excluding tert-OH is 1. The van der Waals surface area contributed by atoms with Gasteiger partial charge in [-0.2, -0.15) is 0 Å². The Morgan fingerprint density at radius 3 is 2.25 bits per heavy atom. The average molecular weight is 167 g/mol. The molecule has 2 rings (SSSR count). The molecule has 0 heterocycles. The zero-order chi connectivity index (χ0) is 8.39. The third kappa shape index (κ3) is 1.66. The summed E-state index contributed by atoms with van der Waals surface area (Å²) in [5.41, 5.74) is 0. The Labute approximate surface area is 75.2 Å². The van der Waals surface area contributed by atoms with E-state index in [-0.39, 0.29) is 6.10 Å². The van der Waals surface area contributed by atoms with Crippen LogP contribution in [0.1, 0.15) is 51.4 Å². The zero-order valence-electron chi connectivity index (χ0n) is 7.76. The fourth-order valence-electron chi connectivity index (χ4n) is 2.79. The smallest absolute Gasteiger partial charge is 0.0573 e. The summed E-state index contributed by atoms with van der Waals surface area (Å²) in [7, 11) is 0. The summed E-state index contributed by atoms with van der Waals surface area (Å²) in [5.74, 6) is 2.27. The number of aliphatic hydroxyl groups is 1. The van der Waals surface area contributed by atoms with E-state index in [1.165, 1.54) is 44.9 Å². The van der Waals surface area contributed by atoms with Gasteiger partial charge in [0, 0.05) is 0 Å². The van der Waals surface area contributed by atoms with Crippen molar-refractivity contribution in [1.29, 1.82) is 0 Å². The highest BCUT2D eigenvalue weighted by atomic mass is 16.3. The molecular weight excluding hydrogens is 148 g/mol. The maximum Gasteiger partial charge on any atom is 0.0573 e. The number of hydrogen-bond donors (Lipinski definition) is 1. The molecule has 1 nitrogen and oxygen atoms in total. The molecule has 12 heavy (non-hydrogen) atoms. The normalized spacial score (nSPS) is 38.8. The zero-order valence-corrected chi connectivity index (χ0v) is 7.76. The van der Waals surface area contributed by atoms with Gasteiger partial charge in [0.1, 0.15) is 0 Å². The van der Waals surface area contributed by atoms with E-state index in [1.807, 2.05) is 0 Å². The lowest BCUT2D eigenvalue weighted by molar-refractivity contribution is 0.131. The Morgan fingerprint density at radius 2 is 1.67 bits per heavy atom. The van der Waals surface area contributed by atoms with Crippen LogP contribution in [0, 0.1) is 11.8 Å². The van der Waals surface area contributed by atoms with E-state index in [9.17, 15) is 5.11 Å². The van der Waals surface area contributed by atoms with Gasteiger partial charge in [-0.15, -0.1) is 0 Å². The van der Waals surface area contributed by atoms with Crippen LogP contribution in [0.25, 0.3) is 0 Å². The van der Waals surface area contributed by atoms with Crippen LogP contribution in [0.2, 0.25) is 0 Å². The van der Waals surface area contributed by atoms with E-state index in [1.54, 1.807) is 5.92 Å². The Hall–Kier alpha value is -0.0400. The Bertz CT molecular complexity index is 138. The van der Waals surface area contributed by atoms with E-state index in [0.29, 0.717) is 5.92 Å². The topological polar surface area (TPSA) is 20.2 Å². The van der Waals surface area contributed by atoms with Gasteiger partial charge in [-0.1, -0.05) is 25.7 Å². The molecule has 0 amide bonds. The van der Waals surface area contributed by atoms with Crippen LogP contribution >= 0.6 is 0 Å². The summed E-state index contributed by atoms with van der Waals surface area (Å²) in [6.07, 6.45) is 10.3. The molecule has 0 bridgehead atoms. The first-order chi connectivity index (χ1) is 5.88. The van der Waals surface area contributed by atoms with Crippen molar-refractivity contribution < 1.29 is 5.11 Å². The third-order valence-electron chi connectivity index (χ3n) is 3.50. The second kappa shape index (κ2) is 3.78. The van der Waals surface area contributed by atoms with Crippen LogP contribution < -0.4 is 0 Å². The van der Waals surface area contributed by atoms with Gasteiger partial charge in [-0.3, -0.25) is 0 Å². The summed E-state index contributed by atoms with van der Waals surface area (Å²) >= 11 is 0. The molecule has 1 N–H and O–H groups in total. The molecule has 2 fully saturated rings. The molecule has 2 aliphatic rings. The van der Waals surface area contributed by atoms with Crippen molar-refractivity contribution in [1.82, 2.24) is 0 Å². The van der Waals surface area contributed by atoms with E-state index in [4.69, 9.17) is 0 Å². The van der Waals surface area contributed by atoms with Crippen LogP contribution in [0.3, 0.4) is 0 Å². The number of hydrogen-bond acceptors (Lipinski definition) is 1. The molecule has 0 saturated heterocycles. The van der Waals surface area contributed by atoms with Crippen molar-refractivity contribution >= 4 is 0 Å². The maximum atomic E-state index is 9.72. The van der Waals surface area contributed by atoms with E-state index in [2.05, 4.69) is 0 Å². The van der Waals surface area contributed by atoms with Gasteiger partial charge in [0.25, 0.3) is 0 Å². The predicted octanol–water partition coefficient (Wildman–Crippen LogP) is 2.69. The van der Waals surface area contributed by atoms with Gasteiger partial charge >= 0.3 is 0 Å². The van der Waals surface area contributed by atoms with Gasteiger partial charge < -0.3 is 5.11 Å². The molecule has 0 aliphatic heterocycles. The Kier molecular flexibility index (Phi) is 2.69. The van der Waals surface area contributed by atoms with Crippen LogP contribution in [-0.2, 0) is 0 Å². The standard InChI is InChI=1S/C11H19O/c12-11-8-4-7-10(11)9-5-2-1-3-6-9/h10-12H,1-8H2. The van der Waals surface area contributed by atoms with E-state index < -0.39 is 0 Å². The second-order valence-electron chi connectivity index (χ2n) is 4.32. The molecule has 2 saturated carbocycles. The first-order valence-corrected chi connectivity index (χ1v) is 5.40. The minimum Gasteiger partial charge on any atom is -0.393 e. The van der Waals surface area contributed by atoms with E-state index in [0.717, 1.165) is 6.42 Å². The van der Waals surface area contributed by atoms with Crippen molar-refractivity contribution in [3.63, 3.8) is 0 Å². The lowest BCUT2D eigenvalue weighted by Crippen LogP contribution is -2.22. The second-order valence-corrected chi connectivity index (χ2v) is 4.32. The molecule has 1 heteroatoms. The van der Waals surface area contributed by atoms with E-state index >= 15 is 0 Å². The largest absolute Gasteiger partial charge is 0.393 e. The summed E-state index contributed by atoms with van der Waals surface area (Å²) in [6, 6.07) is 0. The lowest BCUT2D eigenvalue weighted by Gasteiger charge is -2.28. The van der Waals surface area contributed by atoms with Crippen LogP contribution in [-0.4, -0.2) is 11.2 Å². The molecule has 69 valence electrons. The average Bonchev–Trinajstić information content (AvgIpc) is 2.53. The van der Waals surface area contributed by atoms with Gasteiger partial charge in [0.2, 0.25) is 0 Å². The van der Waals surface area contributed by atoms with Crippen molar-refractivity contribution in [2.24, 2.45) is 5.92 Å². The maximum absolute atomic E-state index is 9.72. The minimum atomic E-state index is 0.0121. The quantitative estimate of drug-likeness (QED) is 0.636. The molecule has 1 radical (unpaired) electrons. The molecule has 0 spiro atoms. The molecule has 0 aromatic rings. The van der Waals surface area contributed by atoms with Crippen LogP contribution in [0.4, 0.5) is 0 Å². The predicted molar refractivity (Wildman–Crippen MR) is 49.7 cm³/mol. The molecule has 0 aromatic heterocycles. The summed E-state index contributed by atoms with van der Waals surface area (Å²) in [6.45, 7) is 0. The molecule has 2 atom stereocenters. The molecule has 0 aromatic carbocycles. The molecule has 2 aliphatic carbocycles. The first-order valence-electron chi connectivity index (χ1n) is 5.40. The SMILES string of the molecule is OC1CCCC1[C]1CCCCC1. The fourth-order valence-corrected chi connectivity index (χ4v) is 2.79. The van der Waals surface area contributed by atoms with Gasteiger partial charge in [-0.25, -0.2) is 0 Å². The van der Waals surface area contributed by atoms with Gasteiger partial charge in [-0.05, 0) is 37.5 Å². The Balaban J connectivity index is 1.89. The third-order valence-corrected chi connectivity index (χ3v) is 3.50. The highest BCUT2D eigenvalue weighted by Crippen LogP contribution is 2.40. The number of rotatable bonds is 1. The Morgan fingerprint density at radius 1 is 0.917 bits per heavy atom. The van der Waals surface area contributed by atoms with Crippen molar-refractivity contribution in [2.45, 2.75) is 57.5 Å². The van der Waals surface area contributed by atoms with Crippen LogP contribution in [0.5, 0.6) is 0 Å². The minimum absolute atomic E-state index is 0.0121. The molecular formula is C11H19O. The fraction of sp³-hybridized carbons (Fsp3) is 0.909. The summed E-state index contributed by atoms with van der Waals surface area (Å²) < 4.78 is 0. The first kappa shape index (κ1) is 8.55. The monoisotopic (exact) mass is 167 g/mol. The molecule has 2 unspecified atom stereocenters. The lowest BCUT2D eigenvalue weighted by atomic mass is 9.78.